The molecule has 0 aromatic rings. The number of ether oxygens (including phenoxy) is 1. The summed E-state index contributed by atoms with van der Waals surface area (Å²) in [6.45, 7) is 0.428. The van der Waals surface area contributed by atoms with Crippen LogP contribution in [0, 0.1) is 0 Å². The molecule has 7 heteroatoms. The maximum Gasteiger partial charge on any atom is 0.142 e. The Morgan fingerprint density at radius 1 is 1.13 bits per heavy atom. The van der Waals surface area contributed by atoms with Gasteiger partial charge in [-0.3, -0.25) is 0 Å². The van der Waals surface area contributed by atoms with Gasteiger partial charge in [-0.25, -0.2) is 0 Å². The molecule has 0 aliphatic carbocycles. The van der Waals surface area contributed by atoms with Crippen molar-refractivity contribution in [2.24, 2.45) is 0 Å². The van der Waals surface area contributed by atoms with E-state index >= 15 is 0 Å². The highest BCUT2D eigenvalue weighted by Crippen LogP contribution is 2.09. The van der Waals surface area contributed by atoms with Crippen molar-refractivity contribution in [3.63, 3.8) is 0 Å². The molecule has 0 saturated carbocycles. The maximum absolute atomic E-state index is 9.32. The van der Waals surface area contributed by atoms with E-state index in [1.165, 1.54) is 14.8 Å². The Morgan fingerprint density at radius 3 is 1.93 bits per heavy atom. The largest absolute Gasteiger partial charge is 0.399 e. The third-order valence-electron chi connectivity index (χ3n) is 2.09. The first-order valence-corrected chi connectivity index (χ1v) is 4.85. The molecule has 0 aromatic carbocycles. The average Bonchev–Trinajstić information content (AvgIpc) is 2.17. The molecule has 5 atom stereocenters. The summed E-state index contributed by atoms with van der Waals surface area (Å²) in [5.41, 5.74) is 0. The van der Waals surface area contributed by atoms with Crippen LogP contribution in [-0.4, -0.2) is 77.0 Å². The van der Waals surface area contributed by atoms with Crippen molar-refractivity contribution in [2.45, 2.75) is 37.3 Å². The van der Waals surface area contributed by atoms with E-state index in [1.54, 1.807) is 0 Å². The lowest BCUT2D eigenvalue weighted by molar-refractivity contribution is -0.154. The Kier molecular flexibility index (Phi) is 7.07. The molecule has 3 unspecified atom stereocenters. The molecular formula is C8H19BO6. The quantitative estimate of drug-likeness (QED) is 0.285. The van der Waals surface area contributed by atoms with Gasteiger partial charge in [0.05, 0.1) is 19.3 Å². The zero-order valence-electron chi connectivity index (χ0n) is 8.95. The lowest BCUT2D eigenvalue weighted by Crippen LogP contribution is -2.47. The highest BCUT2D eigenvalue weighted by atomic mass is 16.5. The van der Waals surface area contributed by atoms with Crippen molar-refractivity contribution in [3.05, 3.63) is 0 Å². The lowest BCUT2D eigenvalue weighted by atomic mass is 9.91. The molecule has 5 N–H and O–H groups in total. The summed E-state index contributed by atoms with van der Waals surface area (Å²) in [5.74, 6) is 0. The molecule has 0 bridgehead atoms. The Labute approximate surface area is 89.5 Å². The first-order chi connectivity index (χ1) is 6.93. The van der Waals surface area contributed by atoms with Crippen LogP contribution in [0.15, 0.2) is 0 Å². The SMILES string of the molecule is BC(O)C(OC(CO)[C@@H](C)O)[C@@H](O)CO. The Bertz CT molecular complexity index is 165. The maximum atomic E-state index is 9.32. The normalized spacial score (nSPS) is 21.7. The summed E-state index contributed by atoms with van der Waals surface area (Å²) in [4.78, 5) is 0. The number of hydrogen-bond donors (Lipinski definition) is 5. The number of aliphatic hydroxyl groups is 5. The fraction of sp³-hybridized carbons (Fsp3) is 1.00. The van der Waals surface area contributed by atoms with Gasteiger partial charge in [0, 0.05) is 6.00 Å². The van der Waals surface area contributed by atoms with Crippen LogP contribution in [0.3, 0.4) is 0 Å². The summed E-state index contributed by atoms with van der Waals surface area (Å²) in [7, 11) is 1.39. The van der Waals surface area contributed by atoms with Gasteiger partial charge >= 0.3 is 0 Å². The van der Waals surface area contributed by atoms with Gasteiger partial charge in [-0.15, -0.1) is 0 Å². The summed E-state index contributed by atoms with van der Waals surface area (Å²) < 4.78 is 5.12. The minimum Gasteiger partial charge on any atom is -0.399 e. The Balaban J connectivity index is 4.38. The molecular weight excluding hydrogens is 203 g/mol. The van der Waals surface area contributed by atoms with Crippen molar-refractivity contribution in [2.75, 3.05) is 13.2 Å². The van der Waals surface area contributed by atoms with E-state index in [0.717, 1.165) is 0 Å². The molecule has 0 amide bonds. The van der Waals surface area contributed by atoms with Gasteiger partial charge in [0.25, 0.3) is 0 Å². The highest BCUT2D eigenvalue weighted by molar-refractivity contribution is 6.11. The standard InChI is InChI=1S/C8H19BO6/c1-4(12)6(3-11)15-7(8(9)14)5(13)2-10/h4-8,10-14H,2-3,9H2,1H3/t4-,5+,6?,7?,8?/m1/s1. The second-order valence-electron chi connectivity index (χ2n) is 3.55. The van der Waals surface area contributed by atoms with Gasteiger partial charge in [0.1, 0.15) is 26.2 Å². The highest BCUT2D eigenvalue weighted by Gasteiger charge is 2.28. The summed E-state index contributed by atoms with van der Waals surface area (Å²) in [6, 6.07) is -1.01. The average molecular weight is 222 g/mol. The van der Waals surface area contributed by atoms with Crippen LogP contribution in [0.2, 0.25) is 0 Å². The van der Waals surface area contributed by atoms with Gasteiger partial charge in [-0.1, -0.05) is 0 Å². The molecule has 0 saturated heterocycles. The van der Waals surface area contributed by atoms with E-state index in [1.807, 2.05) is 0 Å². The summed E-state index contributed by atoms with van der Waals surface area (Å²) in [6.07, 6.45) is -4.12. The number of aliphatic hydroxyl groups excluding tert-OH is 5. The minimum atomic E-state index is -1.25. The minimum absolute atomic E-state index is 0.432. The molecule has 0 aliphatic heterocycles. The molecule has 6 nitrogen and oxygen atoms in total. The van der Waals surface area contributed by atoms with Gasteiger partial charge in [-0.05, 0) is 6.92 Å². The van der Waals surface area contributed by atoms with Crippen LogP contribution in [0.4, 0.5) is 0 Å². The molecule has 15 heavy (non-hydrogen) atoms. The third kappa shape index (κ3) is 4.92. The molecule has 90 valence electrons. The molecule has 0 aliphatic rings. The van der Waals surface area contributed by atoms with E-state index in [-0.39, 0.29) is 0 Å². The van der Waals surface area contributed by atoms with Crippen LogP contribution in [0.5, 0.6) is 0 Å². The van der Waals surface area contributed by atoms with Crippen molar-refractivity contribution < 1.29 is 30.3 Å². The summed E-state index contributed by atoms with van der Waals surface area (Å²) >= 11 is 0. The first kappa shape index (κ1) is 14.8. The van der Waals surface area contributed by atoms with Crippen LogP contribution in [0.25, 0.3) is 0 Å². The van der Waals surface area contributed by atoms with Crippen LogP contribution in [0.1, 0.15) is 6.92 Å². The molecule has 0 rings (SSSR count). The number of rotatable bonds is 7. The van der Waals surface area contributed by atoms with Crippen LogP contribution >= 0.6 is 0 Å². The van der Waals surface area contributed by atoms with Gasteiger partial charge in [-0.2, -0.15) is 0 Å². The smallest absolute Gasteiger partial charge is 0.142 e. The van der Waals surface area contributed by atoms with Crippen LogP contribution in [-0.2, 0) is 4.74 Å². The van der Waals surface area contributed by atoms with Crippen LogP contribution < -0.4 is 0 Å². The second-order valence-corrected chi connectivity index (χ2v) is 3.55. The summed E-state index contributed by atoms with van der Waals surface area (Å²) in [5, 5.41) is 45.4. The molecule has 0 heterocycles. The first-order valence-electron chi connectivity index (χ1n) is 4.85. The molecule has 0 aromatic heterocycles. The fourth-order valence-corrected chi connectivity index (χ4v) is 1.14. The molecule has 0 fully saturated rings. The monoisotopic (exact) mass is 222 g/mol. The fourth-order valence-electron chi connectivity index (χ4n) is 1.14. The van der Waals surface area contributed by atoms with Gasteiger partial charge in [0.15, 0.2) is 0 Å². The van der Waals surface area contributed by atoms with Crippen molar-refractivity contribution >= 4 is 7.85 Å². The van der Waals surface area contributed by atoms with E-state index in [9.17, 15) is 15.3 Å². The predicted octanol–water partition coefficient (Wildman–Crippen LogP) is -3.58. The van der Waals surface area contributed by atoms with E-state index < -0.39 is 43.6 Å². The van der Waals surface area contributed by atoms with E-state index in [0.29, 0.717) is 0 Å². The second kappa shape index (κ2) is 7.16. The topological polar surface area (TPSA) is 110 Å². The van der Waals surface area contributed by atoms with Crippen molar-refractivity contribution in [3.8, 4) is 0 Å². The lowest BCUT2D eigenvalue weighted by Gasteiger charge is -2.30. The van der Waals surface area contributed by atoms with Gasteiger partial charge in [0.2, 0.25) is 0 Å². The predicted molar refractivity (Wildman–Crippen MR) is 55.1 cm³/mol. The van der Waals surface area contributed by atoms with E-state index in [2.05, 4.69) is 0 Å². The molecule has 0 radical (unpaired) electrons. The zero-order chi connectivity index (χ0) is 12.0. The zero-order valence-corrected chi connectivity index (χ0v) is 8.95. The van der Waals surface area contributed by atoms with E-state index in [4.69, 9.17) is 14.9 Å². The van der Waals surface area contributed by atoms with Crippen molar-refractivity contribution in [1.29, 1.82) is 0 Å². The Hall–Kier alpha value is -0.175. The third-order valence-corrected chi connectivity index (χ3v) is 2.09. The number of hydrogen-bond acceptors (Lipinski definition) is 6. The van der Waals surface area contributed by atoms with Crippen molar-refractivity contribution in [1.82, 2.24) is 0 Å². The molecule has 0 spiro atoms. The van der Waals surface area contributed by atoms with Gasteiger partial charge < -0.3 is 30.3 Å². The Morgan fingerprint density at radius 2 is 1.67 bits per heavy atom.